The third kappa shape index (κ3) is 3.02. The van der Waals surface area contributed by atoms with Crippen LogP contribution in [-0.2, 0) is 0 Å². The molecular weight excluding hydrogens is 321 g/mol. The van der Waals surface area contributed by atoms with Crippen molar-refractivity contribution in [3.63, 3.8) is 0 Å². The maximum Gasteiger partial charge on any atom is 0.146 e. The van der Waals surface area contributed by atoms with E-state index < -0.39 is 6.10 Å². The standard InChI is InChI=1S/C16H17BrFNO/c1-3-19(15-7-5-4-6-14(15)18)16-10-12(17)8-9-13(16)11(2)20/h4-11,20H,3H2,1-2H3. The van der Waals surface area contributed by atoms with Gasteiger partial charge < -0.3 is 10.0 Å². The summed E-state index contributed by atoms with van der Waals surface area (Å²) in [5.41, 5.74) is 2.09. The summed E-state index contributed by atoms with van der Waals surface area (Å²) in [4.78, 5) is 1.86. The number of aliphatic hydroxyl groups is 1. The predicted octanol–water partition coefficient (Wildman–Crippen LogP) is 4.80. The van der Waals surface area contributed by atoms with Crippen molar-refractivity contribution in [2.45, 2.75) is 20.0 Å². The van der Waals surface area contributed by atoms with Crippen LogP contribution < -0.4 is 4.90 Å². The fourth-order valence-corrected chi connectivity index (χ4v) is 2.59. The Morgan fingerprint density at radius 1 is 1.20 bits per heavy atom. The van der Waals surface area contributed by atoms with Crippen LogP contribution in [0.2, 0.25) is 0 Å². The van der Waals surface area contributed by atoms with Crippen molar-refractivity contribution in [1.82, 2.24) is 0 Å². The first-order valence-electron chi connectivity index (χ1n) is 6.54. The maximum atomic E-state index is 14.0. The summed E-state index contributed by atoms with van der Waals surface area (Å²) in [6, 6.07) is 12.3. The van der Waals surface area contributed by atoms with Crippen molar-refractivity contribution < 1.29 is 9.50 Å². The molecule has 20 heavy (non-hydrogen) atoms. The third-order valence-corrected chi connectivity index (χ3v) is 3.69. The van der Waals surface area contributed by atoms with Crippen LogP contribution in [0.15, 0.2) is 46.9 Å². The van der Waals surface area contributed by atoms with Crippen LogP contribution in [0.1, 0.15) is 25.5 Å². The summed E-state index contributed by atoms with van der Waals surface area (Å²) < 4.78 is 14.9. The molecule has 2 rings (SSSR count). The van der Waals surface area contributed by atoms with Gasteiger partial charge in [-0.15, -0.1) is 0 Å². The molecule has 4 heteroatoms. The lowest BCUT2D eigenvalue weighted by molar-refractivity contribution is 0.199. The van der Waals surface area contributed by atoms with E-state index in [2.05, 4.69) is 15.9 Å². The molecule has 0 heterocycles. The lowest BCUT2D eigenvalue weighted by Gasteiger charge is -2.27. The largest absolute Gasteiger partial charge is 0.389 e. The van der Waals surface area contributed by atoms with Gasteiger partial charge in [0.15, 0.2) is 0 Å². The molecule has 0 radical (unpaired) electrons. The zero-order valence-corrected chi connectivity index (χ0v) is 13.1. The van der Waals surface area contributed by atoms with Crippen LogP contribution in [-0.4, -0.2) is 11.7 Å². The van der Waals surface area contributed by atoms with Crippen LogP contribution in [0.5, 0.6) is 0 Å². The third-order valence-electron chi connectivity index (χ3n) is 3.19. The van der Waals surface area contributed by atoms with Gasteiger partial charge in [-0.25, -0.2) is 4.39 Å². The predicted molar refractivity (Wildman–Crippen MR) is 83.9 cm³/mol. The Morgan fingerprint density at radius 3 is 2.50 bits per heavy atom. The molecule has 1 N–H and O–H groups in total. The molecule has 2 aromatic rings. The molecule has 0 spiro atoms. The van der Waals surface area contributed by atoms with Gasteiger partial charge in [0.2, 0.25) is 0 Å². The molecule has 0 bridgehead atoms. The summed E-state index contributed by atoms with van der Waals surface area (Å²) in [6.45, 7) is 4.28. The van der Waals surface area contributed by atoms with E-state index in [0.29, 0.717) is 12.2 Å². The van der Waals surface area contributed by atoms with Gasteiger partial charge in [-0.05, 0) is 38.1 Å². The van der Waals surface area contributed by atoms with E-state index in [4.69, 9.17) is 0 Å². The summed E-state index contributed by atoms with van der Waals surface area (Å²) in [7, 11) is 0. The normalized spacial score (nSPS) is 12.2. The Labute approximate surface area is 127 Å². The minimum Gasteiger partial charge on any atom is -0.389 e. The average molecular weight is 338 g/mol. The Kier molecular flexibility index (Phi) is 4.78. The van der Waals surface area contributed by atoms with Crippen molar-refractivity contribution >= 4 is 27.3 Å². The second-order valence-corrected chi connectivity index (χ2v) is 5.49. The Hall–Kier alpha value is -1.39. The molecule has 0 amide bonds. The number of nitrogens with zero attached hydrogens (tertiary/aromatic N) is 1. The molecule has 2 aromatic carbocycles. The molecule has 0 fully saturated rings. The first-order valence-corrected chi connectivity index (χ1v) is 7.33. The minimum absolute atomic E-state index is 0.272. The quantitative estimate of drug-likeness (QED) is 0.866. The zero-order valence-electron chi connectivity index (χ0n) is 11.5. The lowest BCUT2D eigenvalue weighted by Crippen LogP contribution is -2.19. The molecule has 106 valence electrons. The molecular formula is C16H17BrFNO. The van der Waals surface area contributed by atoms with E-state index >= 15 is 0 Å². The highest BCUT2D eigenvalue weighted by Crippen LogP contribution is 2.35. The Bertz CT molecular complexity index is 601. The Balaban J connectivity index is 2.57. The molecule has 0 saturated heterocycles. The fourth-order valence-electron chi connectivity index (χ4n) is 2.24. The summed E-state index contributed by atoms with van der Waals surface area (Å²) in [6.07, 6.45) is -0.612. The monoisotopic (exact) mass is 337 g/mol. The second-order valence-electron chi connectivity index (χ2n) is 4.57. The van der Waals surface area contributed by atoms with Crippen molar-refractivity contribution in [3.05, 3.63) is 58.3 Å². The first kappa shape index (κ1) is 15.0. The SMILES string of the molecule is CCN(c1ccccc1F)c1cc(Br)ccc1C(C)O. The van der Waals surface area contributed by atoms with Crippen LogP contribution in [0, 0.1) is 5.82 Å². The van der Waals surface area contributed by atoms with E-state index in [1.807, 2.05) is 30.0 Å². The van der Waals surface area contributed by atoms with Crippen molar-refractivity contribution in [2.75, 3.05) is 11.4 Å². The molecule has 0 aliphatic rings. The van der Waals surface area contributed by atoms with E-state index in [1.54, 1.807) is 25.1 Å². The molecule has 0 saturated carbocycles. The summed E-state index contributed by atoms with van der Waals surface area (Å²) in [5, 5.41) is 9.92. The number of aliphatic hydroxyl groups excluding tert-OH is 1. The van der Waals surface area contributed by atoms with Crippen molar-refractivity contribution in [1.29, 1.82) is 0 Å². The fraction of sp³-hybridized carbons (Fsp3) is 0.250. The Morgan fingerprint density at radius 2 is 1.90 bits per heavy atom. The van der Waals surface area contributed by atoms with Gasteiger partial charge in [-0.3, -0.25) is 0 Å². The number of anilines is 2. The van der Waals surface area contributed by atoms with E-state index in [0.717, 1.165) is 15.7 Å². The highest BCUT2D eigenvalue weighted by atomic mass is 79.9. The number of rotatable bonds is 4. The topological polar surface area (TPSA) is 23.5 Å². The lowest BCUT2D eigenvalue weighted by atomic mass is 10.1. The van der Waals surface area contributed by atoms with Crippen LogP contribution >= 0.6 is 15.9 Å². The molecule has 0 aliphatic heterocycles. The first-order chi connectivity index (χ1) is 9.54. The van der Waals surface area contributed by atoms with Gasteiger partial charge in [-0.1, -0.05) is 34.1 Å². The van der Waals surface area contributed by atoms with Gasteiger partial charge in [0.25, 0.3) is 0 Å². The van der Waals surface area contributed by atoms with Gasteiger partial charge in [0.05, 0.1) is 11.8 Å². The second kappa shape index (κ2) is 6.37. The van der Waals surface area contributed by atoms with Crippen LogP contribution in [0.3, 0.4) is 0 Å². The van der Waals surface area contributed by atoms with Crippen molar-refractivity contribution in [3.8, 4) is 0 Å². The van der Waals surface area contributed by atoms with Gasteiger partial charge in [-0.2, -0.15) is 0 Å². The van der Waals surface area contributed by atoms with E-state index in [1.165, 1.54) is 6.07 Å². The number of benzene rings is 2. The molecule has 0 aliphatic carbocycles. The van der Waals surface area contributed by atoms with Gasteiger partial charge in [0.1, 0.15) is 5.82 Å². The maximum absolute atomic E-state index is 14.0. The van der Waals surface area contributed by atoms with Crippen LogP contribution in [0.4, 0.5) is 15.8 Å². The number of para-hydroxylation sites is 1. The highest BCUT2D eigenvalue weighted by Gasteiger charge is 2.17. The summed E-state index contributed by atoms with van der Waals surface area (Å²) >= 11 is 3.43. The molecule has 1 atom stereocenters. The zero-order chi connectivity index (χ0) is 14.7. The number of hydrogen-bond donors (Lipinski definition) is 1. The minimum atomic E-state index is -0.612. The molecule has 0 aromatic heterocycles. The average Bonchev–Trinajstić information content (AvgIpc) is 2.41. The van der Waals surface area contributed by atoms with Crippen molar-refractivity contribution in [2.24, 2.45) is 0 Å². The van der Waals surface area contributed by atoms with E-state index in [9.17, 15) is 9.50 Å². The van der Waals surface area contributed by atoms with Gasteiger partial charge in [0, 0.05) is 22.3 Å². The highest BCUT2D eigenvalue weighted by molar-refractivity contribution is 9.10. The van der Waals surface area contributed by atoms with Gasteiger partial charge >= 0.3 is 0 Å². The van der Waals surface area contributed by atoms with Crippen LogP contribution in [0.25, 0.3) is 0 Å². The number of hydrogen-bond acceptors (Lipinski definition) is 2. The number of halogens is 2. The molecule has 2 nitrogen and oxygen atoms in total. The molecule has 1 unspecified atom stereocenters. The smallest absolute Gasteiger partial charge is 0.146 e. The van der Waals surface area contributed by atoms with E-state index in [-0.39, 0.29) is 5.82 Å². The summed E-state index contributed by atoms with van der Waals surface area (Å²) in [5.74, 6) is -0.272.